The summed E-state index contributed by atoms with van der Waals surface area (Å²) in [6.07, 6.45) is 13.6. The highest BCUT2D eigenvalue weighted by Gasteiger charge is 2.25. The summed E-state index contributed by atoms with van der Waals surface area (Å²) in [6, 6.07) is 6.48. The Morgan fingerprint density at radius 2 is 2.04 bits per heavy atom. The first-order valence-corrected chi connectivity index (χ1v) is 9.88. The fourth-order valence-corrected chi connectivity index (χ4v) is 3.49. The molecule has 0 spiro atoms. The van der Waals surface area contributed by atoms with Gasteiger partial charge in [-0.05, 0) is 55.9 Å². The third-order valence-corrected chi connectivity index (χ3v) is 5.03. The summed E-state index contributed by atoms with van der Waals surface area (Å²) >= 11 is 0. The van der Waals surface area contributed by atoms with Crippen LogP contribution in [0.2, 0.25) is 0 Å². The van der Waals surface area contributed by atoms with E-state index in [9.17, 15) is 5.11 Å². The lowest BCUT2D eigenvalue weighted by atomic mass is 9.84. The van der Waals surface area contributed by atoms with Crippen molar-refractivity contribution >= 4 is 0 Å². The van der Waals surface area contributed by atoms with Gasteiger partial charge in [0, 0.05) is 11.5 Å². The summed E-state index contributed by atoms with van der Waals surface area (Å²) in [4.78, 5) is 0. The highest BCUT2D eigenvalue weighted by molar-refractivity contribution is 5.41. The third-order valence-electron chi connectivity index (χ3n) is 5.03. The smallest absolute Gasteiger partial charge is 0.119 e. The molecule has 3 heteroatoms. The molecule has 0 fully saturated rings. The quantitative estimate of drug-likeness (QED) is 0.476. The van der Waals surface area contributed by atoms with Gasteiger partial charge in [0.05, 0.1) is 13.2 Å². The Hall–Kier alpha value is -1.32. The Kier molecular flexibility index (Phi) is 7.98. The van der Waals surface area contributed by atoms with Crippen LogP contribution in [-0.2, 0) is 6.42 Å². The molecular weight excluding hydrogens is 310 g/mol. The zero-order valence-corrected chi connectivity index (χ0v) is 16.0. The van der Waals surface area contributed by atoms with Crippen LogP contribution >= 0.6 is 0 Å². The van der Waals surface area contributed by atoms with E-state index in [1.807, 2.05) is 6.92 Å². The second-order valence-electron chi connectivity index (χ2n) is 7.71. The molecule has 140 valence electrons. The average molecular weight is 346 g/mol. The van der Waals surface area contributed by atoms with Gasteiger partial charge in [0.15, 0.2) is 0 Å². The molecule has 0 radical (unpaired) electrons. The summed E-state index contributed by atoms with van der Waals surface area (Å²) < 4.78 is 5.97. The fraction of sp³-hybridized carbons (Fsp3) is 0.636. The first-order chi connectivity index (χ1) is 12.1. The molecular formula is C22H35NO2. The molecule has 0 saturated heterocycles. The van der Waals surface area contributed by atoms with E-state index in [-0.39, 0.29) is 12.5 Å². The summed E-state index contributed by atoms with van der Waals surface area (Å²) in [5.41, 5.74) is 8.32. The predicted octanol–water partition coefficient (Wildman–Crippen LogP) is 4.72. The van der Waals surface area contributed by atoms with Crippen molar-refractivity contribution in [1.29, 1.82) is 0 Å². The minimum atomic E-state index is -0.551. The van der Waals surface area contributed by atoms with E-state index in [4.69, 9.17) is 10.5 Å². The summed E-state index contributed by atoms with van der Waals surface area (Å²) in [5.74, 6) is 1.25. The molecule has 0 amide bonds. The van der Waals surface area contributed by atoms with E-state index in [2.05, 4.69) is 37.3 Å². The summed E-state index contributed by atoms with van der Waals surface area (Å²) in [6.45, 7) is 4.96. The van der Waals surface area contributed by atoms with Gasteiger partial charge >= 0.3 is 0 Å². The molecule has 0 aliphatic heterocycles. The van der Waals surface area contributed by atoms with Crippen LogP contribution < -0.4 is 10.5 Å². The minimum absolute atomic E-state index is 0.00585. The Balaban J connectivity index is 1.97. The zero-order chi connectivity index (χ0) is 18.1. The van der Waals surface area contributed by atoms with Crippen LogP contribution in [0.3, 0.4) is 0 Å². The molecule has 0 aromatic heterocycles. The van der Waals surface area contributed by atoms with Gasteiger partial charge in [0.2, 0.25) is 0 Å². The Morgan fingerprint density at radius 1 is 1.24 bits per heavy atom. The second-order valence-corrected chi connectivity index (χ2v) is 7.71. The largest absolute Gasteiger partial charge is 0.494 e. The van der Waals surface area contributed by atoms with Gasteiger partial charge in [0.25, 0.3) is 0 Å². The highest BCUT2D eigenvalue weighted by atomic mass is 16.5. The fourth-order valence-electron chi connectivity index (χ4n) is 3.49. The first kappa shape index (κ1) is 20.0. The SMILES string of the molecule is CCCCCCCOc1ccc2c(c1)CCC=CC2CC(C)(N)CO. The number of unbranched alkanes of at least 4 members (excludes halogenated alkanes) is 4. The number of hydrogen-bond donors (Lipinski definition) is 2. The molecule has 25 heavy (non-hydrogen) atoms. The monoisotopic (exact) mass is 345 g/mol. The number of hydrogen-bond acceptors (Lipinski definition) is 3. The van der Waals surface area contributed by atoms with Crippen molar-refractivity contribution in [2.24, 2.45) is 5.73 Å². The van der Waals surface area contributed by atoms with Crippen LogP contribution in [0.15, 0.2) is 30.4 Å². The van der Waals surface area contributed by atoms with Gasteiger partial charge in [-0.3, -0.25) is 0 Å². The summed E-state index contributed by atoms with van der Waals surface area (Å²) in [7, 11) is 0. The topological polar surface area (TPSA) is 55.5 Å². The minimum Gasteiger partial charge on any atom is -0.494 e. The van der Waals surface area contributed by atoms with Crippen molar-refractivity contribution in [1.82, 2.24) is 0 Å². The average Bonchev–Trinajstić information content (AvgIpc) is 2.79. The van der Waals surface area contributed by atoms with Crippen LogP contribution in [0.4, 0.5) is 0 Å². The molecule has 0 saturated carbocycles. The molecule has 2 rings (SSSR count). The molecule has 3 nitrogen and oxygen atoms in total. The van der Waals surface area contributed by atoms with Crippen molar-refractivity contribution in [2.75, 3.05) is 13.2 Å². The lowest BCUT2D eigenvalue weighted by Crippen LogP contribution is -2.41. The maximum atomic E-state index is 9.49. The van der Waals surface area contributed by atoms with E-state index in [1.54, 1.807) is 0 Å². The molecule has 1 aliphatic carbocycles. The molecule has 1 aliphatic rings. The number of aliphatic hydroxyl groups is 1. The number of allylic oxidation sites excluding steroid dienone is 2. The van der Waals surface area contributed by atoms with Gasteiger partial charge < -0.3 is 15.6 Å². The van der Waals surface area contributed by atoms with Crippen molar-refractivity contribution in [3.05, 3.63) is 41.5 Å². The van der Waals surface area contributed by atoms with Gasteiger partial charge in [-0.25, -0.2) is 0 Å². The maximum absolute atomic E-state index is 9.49. The number of benzene rings is 1. The Labute approximate surface area is 153 Å². The van der Waals surface area contributed by atoms with Crippen molar-refractivity contribution in [2.45, 2.75) is 76.7 Å². The number of fused-ring (bicyclic) bond motifs is 1. The third kappa shape index (κ3) is 6.48. The van der Waals surface area contributed by atoms with E-state index in [0.29, 0.717) is 0 Å². The van der Waals surface area contributed by atoms with Crippen LogP contribution in [0.5, 0.6) is 5.75 Å². The van der Waals surface area contributed by atoms with Crippen LogP contribution in [0.25, 0.3) is 0 Å². The first-order valence-electron chi connectivity index (χ1n) is 9.88. The zero-order valence-electron chi connectivity index (χ0n) is 16.0. The van der Waals surface area contributed by atoms with E-state index >= 15 is 0 Å². The number of aryl methyl sites for hydroxylation is 1. The van der Waals surface area contributed by atoms with E-state index in [1.165, 1.54) is 36.8 Å². The van der Waals surface area contributed by atoms with Crippen molar-refractivity contribution < 1.29 is 9.84 Å². The molecule has 2 atom stereocenters. The lowest BCUT2D eigenvalue weighted by Gasteiger charge is -2.27. The Bertz CT molecular complexity index is 551. The van der Waals surface area contributed by atoms with Gasteiger partial charge in [0.1, 0.15) is 5.75 Å². The normalized spacial score (nSPS) is 19.1. The Morgan fingerprint density at radius 3 is 2.80 bits per heavy atom. The van der Waals surface area contributed by atoms with Crippen molar-refractivity contribution in [3.63, 3.8) is 0 Å². The highest BCUT2D eigenvalue weighted by Crippen LogP contribution is 2.34. The molecule has 0 bridgehead atoms. The van der Waals surface area contributed by atoms with Gasteiger partial charge in [-0.15, -0.1) is 0 Å². The lowest BCUT2D eigenvalue weighted by molar-refractivity contribution is 0.197. The number of nitrogens with two attached hydrogens (primary N) is 1. The standard InChI is InChI=1S/C22H35NO2/c1-3-4-5-6-9-14-25-20-12-13-21-18(15-20)10-7-8-11-19(21)16-22(2,23)17-24/h8,11-13,15,19,24H,3-7,9-10,14,16-17,23H2,1-2H3. The van der Waals surface area contributed by atoms with Crippen molar-refractivity contribution in [3.8, 4) is 5.75 Å². The molecule has 3 N–H and O–H groups in total. The van der Waals surface area contributed by atoms with Gasteiger partial charge in [-0.2, -0.15) is 0 Å². The molecule has 2 unspecified atom stereocenters. The van der Waals surface area contributed by atoms with Crippen LogP contribution in [0.1, 0.15) is 75.8 Å². The number of rotatable bonds is 10. The molecule has 0 heterocycles. The van der Waals surface area contributed by atoms with Crippen LogP contribution in [0, 0.1) is 0 Å². The van der Waals surface area contributed by atoms with E-state index < -0.39 is 5.54 Å². The van der Waals surface area contributed by atoms with Crippen LogP contribution in [-0.4, -0.2) is 23.9 Å². The van der Waals surface area contributed by atoms with E-state index in [0.717, 1.165) is 38.0 Å². The molecule has 1 aromatic rings. The van der Waals surface area contributed by atoms with Gasteiger partial charge in [-0.1, -0.05) is 50.8 Å². The molecule has 1 aromatic carbocycles. The summed E-state index contributed by atoms with van der Waals surface area (Å²) in [5, 5.41) is 9.49. The number of aliphatic hydroxyl groups excluding tert-OH is 1. The predicted molar refractivity (Wildman–Crippen MR) is 105 cm³/mol. The number of ether oxygens (including phenoxy) is 1. The maximum Gasteiger partial charge on any atom is 0.119 e. The second kappa shape index (κ2) is 9.98.